The Balaban J connectivity index is 2.17. The van der Waals surface area contributed by atoms with Crippen molar-refractivity contribution >= 4 is 11.4 Å². The minimum Gasteiger partial charge on any atom is -0.497 e. The molecule has 2 rings (SSSR count). The van der Waals surface area contributed by atoms with Gasteiger partial charge in [-0.15, -0.1) is 0 Å². The minimum absolute atomic E-state index is 0.788. The van der Waals surface area contributed by atoms with Gasteiger partial charge in [0.1, 0.15) is 11.5 Å². The molecule has 2 aromatic rings. The number of nitrogens with zero attached hydrogens (tertiary/aromatic N) is 2. The molecule has 4 nitrogen and oxygen atoms in total. The van der Waals surface area contributed by atoms with Crippen LogP contribution in [0.5, 0.6) is 11.5 Å². The Kier molecular flexibility index (Phi) is 4.13. The maximum Gasteiger partial charge on any atom is 0.119 e. The summed E-state index contributed by atoms with van der Waals surface area (Å²) in [5, 5.41) is 8.43. The van der Waals surface area contributed by atoms with Crippen molar-refractivity contribution in [3.05, 3.63) is 48.0 Å². The van der Waals surface area contributed by atoms with Gasteiger partial charge in [-0.3, -0.25) is 0 Å². The number of hydrogen-bond acceptors (Lipinski definition) is 4. The zero-order chi connectivity index (χ0) is 13.7. The van der Waals surface area contributed by atoms with E-state index >= 15 is 0 Å². The molecule has 0 aliphatic carbocycles. The fraction of sp³-hybridized carbons (Fsp3) is 0.200. The van der Waals surface area contributed by atoms with Gasteiger partial charge in [0, 0.05) is 0 Å². The highest BCUT2D eigenvalue weighted by atomic mass is 16.5. The van der Waals surface area contributed by atoms with Gasteiger partial charge < -0.3 is 9.47 Å². The smallest absolute Gasteiger partial charge is 0.119 e. The van der Waals surface area contributed by atoms with Gasteiger partial charge in [0.2, 0.25) is 0 Å². The second-order valence-electron chi connectivity index (χ2n) is 4.05. The summed E-state index contributed by atoms with van der Waals surface area (Å²) in [5.41, 5.74) is 2.64. The first kappa shape index (κ1) is 13.1. The number of methoxy groups -OCH3 is 2. The summed E-state index contributed by atoms with van der Waals surface area (Å²) in [4.78, 5) is 0. The molecule has 0 bridgehead atoms. The summed E-state index contributed by atoms with van der Waals surface area (Å²) in [5.74, 6) is 1.63. The molecule has 0 radical (unpaired) electrons. The van der Waals surface area contributed by atoms with Crippen LogP contribution in [-0.2, 0) is 0 Å². The van der Waals surface area contributed by atoms with Crippen LogP contribution >= 0.6 is 0 Å². The summed E-state index contributed by atoms with van der Waals surface area (Å²) in [6.45, 7) is 1.98. The monoisotopic (exact) mass is 256 g/mol. The third-order valence-corrected chi connectivity index (χ3v) is 2.75. The van der Waals surface area contributed by atoms with Crippen molar-refractivity contribution in [1.29, 1.82) is 0 Å². The van der Waals surface area contributed by atoms with Gasteiger partial charge in [-0.05, 0) is 55.0 Å². The zero-order valence-corrected chi connectivity index (χ0v) is 11.3. The molecule has 0 atom stereocenters. The average molecular weight is 256 g/mol. The Morgan fingerprint density at radius 3 is 2.00 bits per heavy atom. The Labute approximate surface area is 112 Å². The molecule has 19 heavy (non-hydrogen) atoms. The second-order valence-corrected chi connectivity index (χ2v) is 4.05. The van der Waals surface area contributed by atoms with Crippen molar-refractivity contribution in [2.24, 2.45) is 10.2 Å². The topological polar surface area (TPSA) is 43.2 Å². The molecular weight excluding hydrogens is 240 g/mol. The molecule has 0 aliphatic heterocycles. The molecule has 0 fully saturated rings. The predicted octanol–water partition coefficient (Wildman–Crippen LogP) is 4.43. The van der Waals surface area contributed by atoms with Crippen LogP contribution in [0.3, 0.4) is 0 Å². The molecule has 0 spiro atoms. The normalized spacial score (nSPS) is 10.7. The summed E-state index contributed by atoms with van der Waals surface area (Å²) < 4.78 is 10.2. The molecule has 0 unspecified atom stereocenters. The molecule has 0 saturated carbocycles. The maximum absolute atomic E-state index is 5.15. The Morgan fingerprint density at radius 2 is 1.42 bits per heavy atom. The van der Waals surface area contributed by atoms with E-state index in [-0.39, 0.29) is 0 Å². The van der Waals surface area contributed by atoms with Gasteiger partial charge in [0.05, 0.1) is 25.6 Å². The molecule has 0 heterocycles. The largest absolute Gasteiger partial charge is 0.497 e. The highest BCUT2D eigenvalue weighted by Crippen LogP contribution is 2.26. The van der Waals surface area contributed by atoms with Crippen LogP contribution in [0.4, 0.5) is 11.4 Å². The Morgan fingerprint density at radius 1 is 0.789 bits per heavy atom. The first-order valence-electron chi connectivity index (χ1n) is 5.93. The number of hydrogen-bond donors (Lipinski definition) is 0. The summed E-state index contributed by atoms with van der Waals surface area (Å²) in [6, 6.07) is 13.1. The zero-order valence-electron chi connectivity index (χ0n) is 11.3. The molecule has 4 heteroatoms. The van der Waals surface area contributed by atoms with Crippen LogP contribution in [0, 0.1) is 6.92 Å². The fourth-order valence-electron chi connectivity index (χ4n) is 1.63. The lowest BCUT2D eigenvalue weighted by Gasteiger charge is -2.03. The fourth-order valence-corrected chi connectivity index (χ4v) is 1.63. The third-order valence-electron chi connectivity index (χ3n) is 2.75. The highest BCUT2D eigenvalue weighted by Gasteiger charge is 1.99. The number of benzene rings is 2. The molecule has 0 saturated heterocycles. The van der Waals surface area contributed by atoms with Crippen LogP contribution in [0.15, 0.2) is 52.7 Å². The Bertz CT molecular complexity index is 577. The van der Waals surface area contributed by atoms with E-state index in [1.165, 1.54) is 0 Å². The van der Waals surface area contributed by atoms with E-state index in [0.29, 0.717) is 0 Å². The number of aryl methyl sites for hydroxylation is 1. The van der Waals surface area contributed by atoms with Crippen molar-refractivity contribution in [2.75, 3.05) is 14.2 Å². The van der Waals surface area contributed by atoms with Crippen LogP contribution in [0.25, 0.3) is 0 Å². The lowest BCUT2D eigenvalue weighted by molar-refractivity contribution is 0.414. The molecule has 2 aromatic carbocycles. The van der Waals surface area contributed by atoms with Crippen LogP contribution in [-0.4, -0.2) is 14.2 Å². The quantitative estimate of drug-likeness (QED) is 0.759. The van der Waals surface area contributed by atoms with E-state index in [0.717, 1.165) is 28.4 Å². The summed E-state index contributed by atoms with van der Waals surface area (Å²) in [6.07, 6.45) is 0. The molecule has 0 aliphatic rings. The molecule has 0 aromatic heterocycles. The van der Waals surface area contributed by atoms with Gasteiger partial charge >= 0.3 is 0 Å². The van der Waals surface area contributed by atoms with Crippen molar-refractivity contribution in [2.45, 2.75) is 6.92 Å². The molecular formula is C15H16N2O2. The van der Waals surface area contributed by atoms with Gasteiger partial charge in [-0.25, -0.2) is 0 Å². The van der Waals surface area contributed by atoms with Crippen molar-refractivity contribution in [1.82, 2.24) is 0 Å². The van der Waals surface area contributed by atoms with Crippen molar-refractivity contribution in [3.8, 4) is 11.5 Å². The van der Waals surface area contributed by atoms with Crippen LogP contribution in [0.2, 0.25) is 0 Å². The van der Waals surface area contributed by atoms with Gasteiger partial charge in [0.15, 0.2) is 0 Å². The van der Waals surface area contributed by atoms with E-state index in [2.05, 4.69) is 10.2 Å². The lowest BCUT2D eigenvalue weighted by atomic mass is 10.2. The molecule has 0 N–H and O–H groups in total. The van der Waals surface area contributed by atoms with E-state index in [1.54, 1.807) is 14.2 Å². The van der Waals surface area contributed by atoms with E-state index in [4.69, 9.17) is 9.47 Å². The van der Waals surface area contributed by atoms with Crippen molar-refractivity contribution in [3.63, 3.8) is 0 Å². The molecule has 98 valence electrons. The maximum atomic E-state index is 5.15. The highest BCUT2D eigenvalue weighted by molar-refractivity contribution is 5.49. The number of azo groups is 1. The van der Waals surface area contributed by atoms with E-state index < -0.39 is 0 Å². The first-order chi connectivity index (χ1) is 9.22. The first-order valence-corrected chi connectivity index (χ1v) is 5.93. The van der Waals surface area contributed by atoms with Crippen LogP contribution < -0.4 is 9.47 Å². The number of rotatable bonds is 4. The lowest BCUT2D eigenvalue weighted by Crippen LogP contribution is -1.83. The van der Waals surface area contributed by atoms with Crippen molar-refractivity contribution < 1.29 is 9.47 Å². The Hall–Kier alpha value is -2.36. The second kappa shape index (κ2) is 6.00. The average Bonchev–Trinajstić information content (AvgIpc) is 2.46. The van der Waals surface area contributed by atoms with E-state index in [9.17, 15) is 0 Å². The molecule has 0 amide bonds. The minimum atomic E-state index is 0.788. The summed E-state index contributed by atoms with van der Waals surface area (Å²) >= 11 is 0. The number of ether oxygens (including phenoxy) is 2. The standard InChI is InChI=1S/C15H16N2O2/c1-11-10-14(19-3)8-9-15(11)17-16-12-4-6-13(18-2)7-5-12/h4-10H,1-3H3. The van der Waals surface area contributed by atoms with Gasteiger partial charge in [-0.2, -0.15) is 10.2 Å². The predicted molar refractivity (Wildman–Crippen MR) is 74.9 cm³/mol. The van der Waals surface area contributed by atoms with Gasteiger partial charge in [-0.1, -0.05) is 0 Å². The van der Waals surface area contributed by atoms with Gasteiger partial charge in [0.25, 0.3) is 0 Å². The SMILES string of the molecule is COc1ccc(N=Nc2ccc(OC)cc2C)cc1. The van der Waals surface area contributed by atoms with Crippen LogP contribution in [0.1, 0.15) is 5.56 Å². The summed E-state index contributed by atoms with van der Waals surface area (Å²) in [7, 11) is 3.28. The third kappa shape index (κ3) is 3.31. The van der Waals surface area contributed by atoms with E-state index in [1.807, 2.05) is 49.4 Å².